The molecule has 50 valence electrons. The van der Waals surface area contributed by atoms with Crippen LogP contribution in [0.5, 0.6) is 0 Å². The maximum absolute atomic E-state index is 10.2. The smallest absolute Gasteiger partial charge is 0.215 e. The Kier molecular flexibility index (Phi) is 2.55. The van der Waals surface area contributed by atoms with Crippen LogP contribution in [0.15, 0.2) is 12.4 Å². The van der Waals surface area contributed by atoms with Crippen LogP contribution >= 0.6 is 16.9 Å². The van der Waals surface area contributed by atoms with Crippen molar-refractivity contribution in [3.05, 3.63) is 12.4 Å². The SMILES string of the molecule is O=Pc1nccnc1P=O. The van der Waals surface area contributed by atoms with Crippen LogP contribution in [0.25, 0.3) is 0 Å². The molecule has 0 aromatic carbocycles. The Morgan fingerprint density at radius 2 is 1.40 bits per heavy atom. The molecule has 10 heavy (non-hydrogen) atoms. The molecule has 0 N–H and O–H groups in total. The Morgan fingerprint density at radius 1 is 1.00 bits per heavy atom. The second-order valence-electron chi connectivity index (χ2n) is 1.39. The van der Waals surface area contributed by atoms with Gasteiger partial charge in [0.1, 0.15) is 0 Å². The number of nitrogens with zero attached hydrogens (tertiary/aromatic N) is 2. The van der Waals surface area contributed by atoms with Crippen molar-refractivity contribution in [2.24, 2.45) is 0 Å². The van der Waals surface area contributed by atoms with Gasteiger partial charge in [0.2, 0.25) is 16.9 Å². The minimum Gasteiger partial charge on any atom is -0.267 e. The number of hydrogen-bond donors (Lipinski definition) is 0. The summed E-state index contributed by atoms with van der Waals surface area (Å²) in [6.07, 6.45) is 2.80. The molecule has 1 aromatic heterocycles. The summed E-state index contributed by atoms with van der Waals surface area (Å²) >= 11 is 0. The first-order valence-electron chi connectivity index (χ1n) is 2.36. The summed E-state index contributed by atoms with van der Waals surface area (Å²) in [5.41, 5.74) is 0.443. The maximum Gasteiger partial charge on any atom is 0.215 e. The van der Waals surface area contributed by atoms with Gasteiger partial charge >= 0.3 is 0 Å². The van der Waals surface area contributed by atoms with E-state index in [2.05, 4.69) is 9.97 Å². The number of aromatic nitrogens is 2. The molecule has 0 fully saturated rings. The van der Waals surface area contributed by atoms with Gasteiger partial charge in [-0.2, -0.15) is 0 Å². The van der Waals surface area contributed by atoms with Crippen molar-refractivity contribution >= 4 is 27.8 Å². The van der Waals surface area contributed by atoms with Crippen molar-refractivity contribution in [1.29, 1.82) is 0 Å². The molecule has 1 aromatic rings. The third-order valence-electron chi connectivity index (χ3n) is 0.833. The van der Waals surface area contributed by atoms with Gasteiger partial charge in [0.05, 0.1) is 0 Å². The van der Waals surface area contributed by atoms with E-state index in [0.29, 0.717) is 0 Å². The van der Waals surface area contributed by atoms with Crippen LogP contribution in [0.2, 0.25) is 0 Å². The summed E-state index contributed by atoms with van der Waals surface area (Å²) in [4.78, 5) is 7.35. The highest BCUT2D eigenvalue weighted by Gasteiger charge is 2.02. The highest BCUT2D eigenvalue weighted by Crippen LogP contribution is 1.93. The molecule has 1 heterocycles. The van der Waals surface area contributed by atoms with Crippen LogP contribution in [-0.4, -0.2) is 9.97 Å². The first-order valence-corrected chi connectivity index (χ1v) is 3.98. The van der Waals surface area contributed by atoms with Gasteiger partial charge in [0.15, 0.2) is 10.9 Å². The molecule has 0 aliphatic heterocycles. The monoisotopic (exact) mass is 172 g/mol. The lowest BCUT2D eigenvalue weighted by Gasteiger charge is -1.87. The maximum atomic E-state index is 10.2. The first kappa shape index (κ1) is 7.39. The van der Waals surface area contributed by atoms with Crippen molar-refractivity contribution in [3.8, 4) is 0 Å². The summed E-state index contributed by atoms with van der Waals surface area (Å²) in [6, 6.07) is 0. The predicted molar refractivity (Wildman–Crippen MR) is 36.5 cm³/mol. The molecule has 0 atom stereocenters. The van der Waals surface area contributed by atoms with E-state index in [0.717, 1.165) is 0 Å². The van der Waals surface area contributed by atoms with E-state index < -0.39 is 0 Å². The second kappa shape index (κ2) is 3.45. The molecule has 0 saturated carbocycles. The minimum atomic E-state index is -0.253. The van der Waals surface area contributed by atoms with Crippen molar-refractivity contribution < 1.29 is 9.13 Å². The molecule has 0 amide bonds. The minimum absolute atomic E-state index is 0.221. The first-order chi connectivity index (χ1) is 4.88. The van der Waals surface area contributed by atoms with Crippen molar-refractivity contribution in [2.45, 2.75) is 0 Å². The van der Waals surface area contributed by atoms with Crippen LogP contribution in [0, 0.1) is 0 Å². The van der Waals surface area contributed by atoms with Crippen LogP contribution in [-0.2, 0) is 9.13 Å². The van der Waals surface area contributed by atoms with Gasteiger partial charge in [-0.3, -0.25) is 9.13 Å². The van der Waals surface area contributed by atoms with Crippen molar-refractivity contribution in [3.63, 3.8) is 0 Å². The Bertz CT molecular complexity index is 238. The Labute approximate surface area is 60.1 Å². The Balaban J connectivity index is 3.20. The molecule has 1 rings (SSSR count). The molecule has 0 bridgehead atoms. The van der Waals surface area contributed by atoms with E-state index >= 15 is 0 Å². The van der Waals surface area contributed by atoms with E-state index in [1.54, 1.807) is 0 Å². The summed E-state index contributed by atoms with van der Waals surface area (Å²) in [7, 11) is -0.505. The predicted octanol–water partition coefficient (Wildman–Crippen LogP) is 0.311. The van der Waals surface area contributed by atoms with E-state index in [-0.39, 0.29) is 27.8 Å². The largest absolute Gasteiger partial charge is 0.267 e. The topological polar surface area (TPSA) is 59.9 Å². The zero-order valence-electron chi connectivity index (χ0n) is 4.76. The molecule has 0 saturated heterocycles. The molecular weight excluding hydrogens is 170 g/mol. The standard InChI is InChI=1S/C4H2N2O2P2/c7-9-3-4(10-8)6-2-1-5-3/h1-2H. The fraction of sp³-hybridized carbons (Fsp3) is 0. The summed E-state index contributed by atoms with van der Waals surface area (Å²) < 4.78 is 20.5. The third-order valence-corrected chi connectivity index (χ3v) is 2.01. The zero-order valence-corrected chi connectivity index (χ0v) is 6.55. The zero-order chi connectivity index (χ0) is 7.40. The average Bonchev–Trinajstić information content (AvgIpc) is 2.04. The van der Waals surface area contributed by atoms with Crippen LogP contribution < -0.4 is 10.9 Å². The molecule has 0 unspecified atom stereocenters. The van der Waals surface area contributed by atoms with Gasteiger partial charge in [-0.15, -0.1) is 0 Å². The molecule has 4 nitrogen and oxygen atoms in total. The Morgan fingerprint density at radius 3 is 1.70 bits per heavy atom. The van der Waals surface area contributed by atoms with E-state index in [1.165, 1.54) is 12.4 Å². The second-order valence-corrected chi connectivity index (χ2v) is 2.60. The molecule has 0 radical (unpaired) electrons. The fourth-order valence-corrected chi connectivity index (χ4v) is 1.20. The van der Waals surface area contributed by atoms with E-state index in [4.69, 9.17) is 0 Å². The fourth-order valence-electron chi connectivity index (χ4n) is 0.452. The average molecular weight is 172 g/mol. The summed E-state index contributed by atoms with van der Waals surface area (Å²) in [5.74, 6) is 0. The van der Waals surface area contributed by atoms with E-state index in [9.17, 15) is 9.13 Å². The molecule has 0 spiro atoms. The normalized spacial score (nSPS) is 10.4. The van der Waals surface area contributed by atoms with Gasteiger partial charge in [-0.05, 0) is 0 Å². The van der Waals surface area contributed by atoms with Gasteiger partial charge in [-0.1, -0.05) is 0 Å². The van der Waals surface area contributed by atoms with Gasteiger partial charge in [0, 0.05) is 12.4 Å². The number of rotatable bonds is 2. The van der Waals surface area contributed by atoms with Crippen LogP contribution in [0.3, 0.4) is 0 Å². The summed E-state index contributed by atoms with van der Waals surface area (Å²) in [5, 5.41) is 0. The lowest BCUT2D eigenvalue weighted by atomic mass is 10.8. The molecule has 0 aliphatic rings. The van der Waals surface area contributed by atoms with Crippen LogP contribution in [0.4, 0.5) is 0 Å². The van der Waals surface area contributed by atoms with E-state index in [1.807, 2.05) is 0 Å². The van der Waals surface area contributed by atoms with Gasteiger partial charge in [-0.25, -0.2) is 9.97 Å². The lowest BCUT2D eigenvalue weighted by Crippen LogP contribution is -2.18. The lowest BCUT2D eigenvalue weighted by molar-refractivity contribution is 0.600. The highest BCUT2D eigenvalue weighted by atomic mass is 31.1. The van der Waals surface area contributed by atoms with Gasteiger partial charge < -0.3 is 0 Å². The Hall–Kier alpha value is -0.720. The van der Waals surface area contributed by atoms with Crippen molar-refractivity contribution in [2.75, 3.05) is 0 Å². The highest BCUT2D eigenvalue weighted by molar-refractivity contribution is 7.41. The third kappa shape index (κ3) is 1.41. The number of hydrogen-bond acceptors (Lipinski definition) is 4. The van der Waals surface area contributed by atoms with Gasteiger partial charge in [0.25, 0.3) is 0 Å². The molecule has 0 aliphatic carbocycles. The molecule has 6 heteroatoms. The summed E-state index contributed by atoms with van der Waals surface area (Å²) in [6.45, 7) is 0. The van der Waals surface area contributed by atoms with Crippen molar-refractivity contribution in [1.82, 2.24) is 9.97 Å². The molecular formula is C4H2N2O2P2. The quantitative estimate of drug-likeness (QED) is 0.602. The van der Waals surface area contributed by atoms with Crippen LogP contribution in [0.1, 0.15) is 0 Å².